The maximum Gasteiger partial charge on any atom is 0.255 e. The lowest BCUT2D eigenvalue weighted by Gasteiger charge is -2.23. The summed E-state index contributed by atoms with van der Waals surface area (Å²) >= 11 is 0. The lowest BCUT2D eigenvalue weighted by molar-refractivity contribution is 0.0983. The van der Waals surface area contributed by atoms with E-state index in [1.807, 2.05) is 0 Å². The van der Waals surface area contributed by atoms with Gasteiger partial charge in [-0.1, -0.05) is 24.1 Å². The van der Waals surface area contributed by atoms with Gasteiger partial charge in [-0.2, -0.15) is 0 Å². The van der Waals surface area contributed by atoms with Gasteiger partial charge in [0.2, 0.25) is 0 Å². The van der Waals surface area contributed by atoms with Crippen LogP contribution in [0.2, 0.25) is 0 Å². The third-order valence-corrected chi connectivity index (χ3v) is 6.66. The zero-order valence-electron chi connectivity index (χ0n) is 14.1. The molecular formula is C20H19NO4S. The zero-order valence-corrected chi connectivity index (χ0v) is 15.0. The summed E-state index contributed by atoms with van der Waals surface area (Å²) in [4.78, 5) is 12.7. The highest BCUT2D eigenvalue weighted by Gasteiger charge is 2.31. The molecule has 5 nitrogen and oxygen atoms in total. The average Bonchev–Trinajstić information content (AvgIpc) is 2.69. The van der Waals surface area contributed by atoms with Gasteiger partial charge < -0.3 is 10.1 Å². The first-order valence-electron chi connectivity index (χ1n) is 8.31. The molecule has 3 rings (SSSR count). The average molecular weight is 369 g/mol. The van der Waals surface area contributed by atoms with Gasteiger partial charge in [0.15, 0.2) is 9.84 Å². The summed E-state index contributed by atoms with van der Waals surface area (Å²) in [6.45, 7) is 0.856. The molecule has 0 radical (unpaired) electrons. The number of anilines is 1. The molecule has 1 fully saturated rings. The predicted octanol–water partition coefficient (Wildman–Crippen LogP) is 2.87. The highest BCUT2D eigenvalue weighted by Crippen LogP contribution is 2.29. The summed E-state index contributed by atoms with van der Waals surface area (Å²) in [5.74, 6) is 2.07. The molecule has 0 bridgehead atoms. The molecule has 2 aromatic carbocycles. The number of rotatable bonds is 4. The van der Waals surface area contributed by atoms with E-state index in [4.69, 9.17) is 11.2 Å². The van der Waals surface area contributed by atoms with Gasteiger partial charge in [-0.25, -0.2) is 8.42 Å². The first kappa shape index (κ1) is 18.2. The molecule has 1 N–H and O–H groups in total. The minimum Gasteiger partial charge on any atom is -0.381 e. The van der Waals surface area contributed by atoms with Crippen LogP contribution in [0.5, 0.6) is 0 Å². The van der Waals surface area contributed by atoms with E-state index in [9.17, 15) is 13.2 Å². The van der Waals surface area contributed by atoms with Crippen LogP contribution in [0.3, 0.4) is 0 Å². The second kappa shape index (κ2) is 7.73. The molecule has 0 aromatic heterocycles. The molecule has 1 heterocycles. The van der Waals surface area contributed by atoms with Gasteiger partial charge in [-0.15, -0.1) is 6.42 Å². The van der Waals surface area contributed by atoms with E-state index in [0.29, 0.717) is 37.2 Å². The summed E-state index contributed by atoms with van der Waals surface area (Å²) in [5, 5.41) is 2.20. The highest BCUT2D eigenvalue weighted by molar-refractivity contribution is 7.92. The molecule has 26 heavy (non-hydrogen) atoms. The highest BCUT2D eigenvalue weighted by atomic mass is 32.2. The van der Waals surface area contributed by atoms with Gasteiger partial charge in [0.1, 0.15) is 0 Å². The molecule has 0 aliphatic carbocycles. The molecule has 1 aliphatic rings. The van der Waals surface area contributed by atoms with Crippen LogP contribution in [0, 0.1) is 12.3 Å². The third kappa shape index (κ3) is 3.79. The van der Waals surface area contributed by atoms with E-state index in [2.05, 4.69) is 11.2 Å². The smallest absolute Gasteiger partial charge is 0.255 e. The van der Waals surface area contributed by atoms with Crippen molar-refractivity contribution in [3.8, 4) is 12.3 Å². The van der Waals surface area contributed by atoms with Crippen molar-refractivity contribution in [2.24, 2.45) is 0 Å². The van der Waals surface area contributed by atoms with E-state index in [-0.39, 0.29) is 10.6 Å². The molecule has 1 amide bonds. The lowest BCUT2D eigenvalue weighted by atomic mass is 10.1. The number of nitrogens with one attached hydrogen (secondary N) is 1. The van der Waals surface area contributed by atoms with Gasteiger partial charge in [-0.05, 0) is 43.2 Å². The molecule has 6 heteroatoms. The molecule has 1 aliphatic heterocycles. The zero-order chi connectivity index (χ0) is 18.6. The Labute approximate surface area is 153 Å². The number of hydrogen-bond acceptors (Lipinski definition) is 4. The standard InChI is InChI=1S/C20H19NO4S/c1-2-15-6-5-7-16(14-15)20(22)21-18-8-3-4-9-19(18)26(23,24)17-10-12-25-13-11-17/h1,3-9,14,17H,10-13H2,(H,21,22). The number of carbonyl (C=O) groups excluding carboxylic acids is 1. The number of benzene rings is 2. The third-order valence-electron chi connectivity index (χ3n) is 4.34. The summed E-state index contributed by atoms with van der Waals surface area (Å²) in [6.07, 6.45) is 6.27. The summed E-state index contributed by atoms with van der Waals surface area (Å²) in [6, 6.07) is 13.1. The quantitative estimate of drug-likeness (QED) is 0.841. The van der Waals surface area contributed by atoms with Crippen LogP contribution in [0.25, 0.3) is 0 Å². The summed E-state index contributed by atoms with van der Waals surface area (Å²) < 4.78 is 31.2. The van der Waals surface area contributed by atoms with E-state index < -0.39 is 21.0 Å². The number of terminal acetylenes is 1. The van der Waals surface area contributed by atoms with Crippen molar-refractivity contribution in [3.05, 3.63) is 59.7 Å². The fraction of sp³-hybridized carbons (Fsp3) is 0.250. The fourth-order valence-corrected chi connectivity index (χ4v) is 4.79. The Bertz CT molecular complexity index is 954. The van der Waals surface area contributed by atoms with E-state index in [1.165, 1.54) is 6.07 Å². The molecule has 2 aromatic rings. The summed E-state index contributed by atoms with van der Waals surface area (Å²) in [5.41, 5.74) is 1.23. The van der Waals surface area contributed by atoms with Gasteiger partial charge in [-0.3, -0.25) is 4.79 Å². The van der Waals surface area contributed by atoms with Crippen molar-refractivity contribution in [1.29, 1.82) is 0 Å². The second-order valence-electron chi connectivity index (χ2n) is 6.03. The van der Waals surface area contributed by atoms with Crippen molar-refractivity contribution in [1.82, 2.24) is 0 Å². The van der Waals surface area contributed by atoms with Crippen LogP contribution in [-0.2, 0) is 14.6 Å². The van der Waals surface area contributed by atoms with Crippen molar-refractivity contribution in [3.63, 3.8) is 0 Å². The van der Waals surface area contributed by atoms with Gasteiger partial charge in [0.05, 0.1) is 15.8 Å². The monoisotopic (exact) mass is 369 g/mol. The van der Waals surface area contributed by atoms with E-state index >= 15 is 0 Å². The minimum atomic E-state index is -3.56. The normalized spacial score (nSPS) is 15.2. The number of hydrogen-bond donors (Lipinski definition) is 1. The predicted molar refractivity (Wildman–Crippen MR) is 99.8 cm³/mol. The first-order valence-corrected chi connectivity index (χ1v) is 9.85. The van der Waals surface area contributed by atoms with Gasteiger partial charge in [0, 0.05) is 24.3 Å². The molecular weight excluding hydrogens is 350 g/mol. The topological polar surface area (TPSA) is 72.5 Å². The number of para-hydroxylation sites is 1. The Morgan fingerprint density at radius 3 is 2.58 bits per heavy atom. The Morgan fingerprint density at radius 2 is 1.85 bits per heavy atom. The van der Waals surface area contributed by atoms with E-state index in [0.717, 1.165) is 0 Å². The molecule has 134 valence electrons. The maximum absolute atomic E-state index is 13.0. The molecule has 0 saturated carbocycles. The minimum absolute atomic E-state index is 0.133. The van der Waals surface area contributed by atoms with Crippen molar-refractivity contribution >= 4 is 21.4 Å². The van der Waals surface area contributed by atoms with E-state index in [1.54, 1.807) is 42.5 Å². The molecule has 0 unspecified atom stereocenters. The fourth-order valence-electron chi connectivity index (χ4n) is 2.93. The van der Waals surface area contributed by atoms with Crippen LogP contribution in [0.1, 0.15) is 28.8 Å². The Hall–Kier alpha value is -2.62. The number of carbonyl (C=O) groups is 1. The van der Waals surface area contributed by atoms with Crippen LogP contribution < -0.4 is 5.32 Å². The van der Waals surface area contributed by atoms with Crippen LogP contribution >= 0.6 is 0 Å². The lowest BCUT2D eigenvalue weighted by Crippen LogP contribution is -2.29. The molecule has 1 saturated heterocycles. The number of sulfone groups is 1. The van der Waals surface area contributed by atoms with Gasteiger partial charge >= 0.3 is 0 Å². The number of amides is 1. The Morgan fingerprint density at radius 1 is 1.12 bits per heavy atom. The Balaban J connectivity index is 1.90. The van der Waals surface area contributed by atoms with Crippen molar-refractivity contribution in [2.75, 3.05) is 18.5 Å². The molecule has 0 atom stereocenters. The van der Waals surface area contributed by atoms with Crippen LogP contribution in [0.15, 0.2) is 53.4 Å². The Kier molecular flexibility index (Phi) is 5.40. The summed E-state index contributed by atoms with van der Waals surface area (Å²) in [7, 11) is -3.56. The SMILES string of the molecule is C#Cc1cccc(C(=O)Nc2ccccc2S(=O)(=O)C2CCOCC2)c1. The maximum atomic E-state index is 13.0. The first-order chi connectivity index (χ1) is 12.5. The van der Waals surface area contributed by atoms with Crippen molar-refractivity contribution in [2.45, 2.75) is 23.0 Å². The van der Waals surface area contributed by atoms with Gasteiger partial charge in [0.25, 0.3) is 5.91 Å². The number of ether oxygens (including phenoxy) is 1. The second-order valence-corrected chi connectivity index (χ2v) is 8.23. The molecule has 0 spiro atoms. The largest absolute Gasteiger partial charge is 0.381 e. The van der Waals surface area contributed by atoms with Crippen molar-refractivity contribution < 1.29 is 17.9 Å². The van der Waals surface area contributed by atoms with Crippen LogP contribution in [-0.4, -0.2) is 32.8 Å². The van der Waals surface area contributed by atoms with Crippen LogP contribution in [0.4, 0.5) is 5.69 Å².